The zero-order chi connectivity index (χ0) is 21.2. The van der Waals surface area contributed by atoms with Crippen molar-refractivity contribution in [3.63, 3.8) is 0 Å². The van der Waals surface area contributed by atoms with E-state index < -0.39 is 0 Å². The molecule has 0 spiro atoms. The van der Waals surface area contributed by atoms with E-state index in [-0.39, 0.29) is 5.91 Å². The van der Waals surface area contributed by atoms with Crippen molar-refractivity contribution in [3.8, 4) is 0 Å². The highest BCUT2D eigenvalue weighted by molar-refractivity contribution is 6.23. The van der Waals surface area contributed by atoms with Crippen LogP contribution in [0.1, 0.15) is 18.4 Å². The molecule has 0 aliphatic rings. The molecule has 0 bridgehead atoms. The van der Waals surface area contributed by atoms with Gasteiger partial charge in [0.15, 0.2) is 0 Å². The summed E-state index contributed by atoms with van der Waals surface area (Å²) >= 11 is 0. The van der Waals surface area contributed by atoms with Gasteiger partial charge < -0.3 is 5.32 Å². The number of nitrogens with one attached hydrogen (secondary N) is 1. The standard InChI is InChI=1S/C26H20N4O/c27-30-29-22-14-12-21(13-15-22)28-24(31)6-2-3-17-7-8-20-10-9-18-4-1-5-19-11-16-23(17)26(20)25(18)19/h1,4-5,7-16H,2-3,6H2,(H,28,31). The van der Waals surface area contributed by atoms with Gasteiger partial charge in [0.25, 0.3) is 0 Å². The number of amides is 1. The lowest BCUT2D eigenvalue weighted by molar-refractivity contribution is -0.116. The number of hydrogen-bond acceptors (Lipinski definition) is 2. The first-order valence-electron chi connectivity index (χ1n) is 10.3. The normalized spacial score (nSPS) is 11.1. The van der Waals surface area contributed by atoms with Crippen molar-refractivity contribution in [2.45, 2.75) is 19.3 Å². The second kappa shape index (κ2) is 7.98. The van der Waals surface area contributed by atoms with Crippen LogP contribution in [-0.2, 0) is 11.2 Å². The summed E-state index contributed by atoms with van der Waals surface area (Å²) in [6.45, 7) is 0. The number of azide groups is 1. The molecule has 0 aliphatic carbocycles. The Balaban J connectivity index is 1.31. The van der Waals surface area contributed by atoms with Crippen LogP contribution in [0, 0.1) is 0 Å². The summed E-state index contributed by atoms with van der Waals surface area (Å²) in [5.74, 6) is -0.0192. The maximum atomic E-state index is 12.4. The molecule has 0 heterocycles. The predicted molar refractivity (Wildman–Crippen MR) is 127 cm³/mol. The average molecular weight is 404 g/mol. The van der Waals surface area contributed by atoms with Gasteiger partial charge in [-0.3, -0.25) is 4.79 Å². The van der Waals surface area contributed by atoms with Gasteiger partial charge in [0, 0.05) is 22.7 Å². The third-order valence-corrected chi connectivity index (χ3v) is 5.78. The Labute approximate surface area is 179 Å². The number of hydrogen-bond donors (Lipinski definition) is 1. The van der Waals surface area contributed by atoms with E-state index in [2.05, 4.69) is 69.9 Å². The smallest absolute Gasteiger partial charge is 0.224 e. The second-order valence-electron chi connectivity index (χ2n) is 7.72. The fraction of sp³-hybridized carbons (Fsp3) is 0.115. The summed E-state index contributed by atoms with van der Waals surface area (Å²) in [6, 6.07) is 26.4. The maximum Gasteiger partial charge on any atom is 0.224 e. The molecule has 0 radical (unpaired) electrons. The molecule has 5 heteroatoms. The number of carbonyl (C=O) groups is 1. The minimum Gasteiger partial charge on any atom is -0.326 e. The van der Waals surface area contributed by atoms with E-state index in [1.807, 2.05) is 0 Å². The van der Waals surface area contributed by atoms with Crippen molar-refractivity contribution in [2.24, 2.45) is 5.11 Å². The highest BCUT2D eigenvalue weighted by Gasteiger charge is 2.11. The molecule has 0 unspecified atom stereocenters. The SMILES string of the molecule is [N-]=[N+]=Nc1ccc(NC(=O)CCCc2ccc3ccc4cccc5ccc2c3c45)cc1. The molecule has 5 rings (SSSR count). The molecule has 0 atom stereocenters. The summed E-state index contributed by atoms with van der Waals surface area (Å²) in [7, 11) is 0. The van der Waals surface area contributed by atoms with Crippen molar-refractivity contribution in [2.75, 3.05) is 5.32 Å². The molecule has 0 saturated carbocycles. The van der Waals surface area contributed by atoms with Crippen LogP contribution in [0.15, 0.2) is 84.0 Å². The second-order valence-corrected chi connectivity index (χ2v) is 7.72. The Morgan fingerprint density at radius 3 is 2.26 bits per heavy atom. The Bertz CT molecular complexity index is 1430. The highest BCUT2D eigenvalue weighted by atomic mass is 16.1. The van der Waals surface area contributed by atoms with E-state index in [1.165, 1.54) is 37.9 Å². The lowest BCUT2D eigenvalue weighted by atomic mass is 9.90. The van der Waals surface area contributed by atoms with Gasteiger partial charge >= 0.3 is 0 Å². The Morgan fingerprint density at radius 2 is 1.52 bits per heavy atom. The van der Waals surface area contributed by atoms with Crippen LogP contribution in [-0.4, -0.2) is 5.91 Å². The molecule has 150 valence electrons. The van der Waals surface area contributed by atoms with Gasteiger partial charge in [0.1, 0.15) is 0 Å². The molecular formula is C26H20N4O. The molecule has 0 saturated heterocycles. The minimum absolute atomic E-state index is 0.0192. The van der Waals surface area contributed by atoms with Gasteiger partial charge in [0.05, 0.1) is 0 Å². The lowest BCUT2D eigenvalue weighted by Gasteiger charge is -2.14. The predicted octanol–water partition coefficient (Wildman–Crippen LogP) is 7.49. The molecular weight excluding hydrogens is 384 g/mol. The van der Waals surface area contributed by atoms with Gasteiger partial charge in [-0.15, -0.1) is 0 Å². The molecule has 0 fully saturated rings. The number of benzene rings is 5. The van der Waals surface area contributed by atoms with Crippen molar-refractivity contribution in [1.82, 2.24) is 0 Å². The van der Waals surface area contributed by atoms with Crippen molar-refractivity contribution < 1.29 is 4.79 Å². The first kappa shape index (κ1) is 18.9. The third-order valence-electron chi connectivity index (χ3n) is 5.78. The number of carbonyl (C=O) groups excluding carboxylic acids is 1. The molecule has 1 amide bonds. The molecule has 0 aromatic heterocycles. The van der Waals surface area contributed by atoms with Gasteiger partial charge in [-0.2, -0.15) is 0 Å². The Morgan fingerprint density at radius 1 is 0.839 bits per heavy atom. The fourth-order valence-corrected chi connectivity index (χ4v) is 4.34. The van der Waals surface area contributed by atoms with Crippen LogP contribution in [0.4, 0.5) is 11.4 Å². The van der Waals surface area contributed by atoms with Crippen molar-refractivity contribution in [3.05, 3.63) is 94.9 Å². The zero-order valence-corrected chi connectivity index (χ0v) is 16.9. The largest absolute Gasteiger partial charge is 0.326 e. The van der Waals surface area contributed by atoms with Gasteiger partial charge in [-0.1, -0.05) is 71.8 Å². The van der Waals surface area contributed by atoms with Crippen LogP contribution < -0.4 is 5.32 Å². The van der Waals surface area contributed by atoms with E-state index in [0.29, 0.717) is 17.8 Å². The summed E-state index contributed by atoms with van der Waals surface area (Å²) in [6.07, 6.45) is 2.06. The van der Waals surface area contributed by atoms with E-state index in [4.69, 9.17) is 5.53 Å². The first-order chi connectivity index (χ1) is 15.2. The van der Waals surface area contributed by atoms with Crippen LogP contribution in [0.5, 0.6) is 0 Å². The summed E-state index contributed by atoms with van der Waals surface area (Å²) in [4.78, 5) is 15.1. The van der Waals surface area contributed by atoms with Crippen LogP contribution in [0.3, 0.4) is 0 Å². The fourth-order valence-electron chi connectivity index (χ4n) is 4.34. The average Bonchev–Trinajstić information content (AvgIpc) is 2.80. The topological polar surface area (TPSA) is 77.9 Å². The summed E-state index contributed by atoms with van der Waals surface area (Å²) in [5.41, 5.74) is 11.0. The number of aryl methyl sites for hydroxylation is 1. The third kappa shape index (κ3) is 3.63. The number of rotatable bonds is 6. The molecule has 31 heavy (non-hydrogen) atoms. The quantitative estimate of drug-likeness (QED) is 0.135. The Hall–Kier alpha value is -4.08. The van der Waals surface area contributed by atoms with Crippen LogP contribution in [0.2, 0.25) is 0 Å². The van der Waals surface area contributed by atoms with E-state index in [9.17, 15) is 4.79 Å². The van der Waals surface area contributed by atoms with Crippen molar-refractivity contribution in [1.29, 1.82) is 0 Å². The summed E-state index contributed by atoms with van der Waals surface area (Å²) < 4.78 is 0. The molecule has 5 aromatic carbocycles. The summed E-state index contributed by atoms with van der Waals surface area (Å²) in [5, 5.41) is 14.1. The zero-order valence-electron chi connectivity index (χ0n) is 16.9. The maximum absolute atomic E-state index is 12.4. The monoisotopic (exact) mass is 404 g/mol. The van der Waals surface area contributed by atoms with E-state index in [0.717, 1.165) is 12.8 Å². The highest BCUT2D eigenvalue weighted by Crippen LogP contribution is 2.36. The van der Waals surface area contributed by atoms with Gasteiger partial charge in [0.2, 0.25) is 5.91 Å². The van der Waals surface area contributed by atoms with E-state index in [1.54, 1.807) is 24.3 Å². The van der Waals surface area contributed by atoms with Gasteiger partial charge in [-0.25, -0.2) is 0 Å². The molecule has 5 aromatic rings. The van der Waals surface area contributed by atoms with Gasteiger partial charge in [-0.05, 0) is 68.4 Å². The van der Waals surface area contributed by atoms with Crippen LogP contribution in [0.25, 0.3) is 42.8 Å². The van der Waals surface area contributed by atoms with Crippen molar-refractivity contribution >= 4 is 49.6 Å². The van der Waals surface area contributed by atoms with Crippen LogP contribution >= 0.6 is 0 Å². The molecule has 0 aliphatic heterocycles. The first-order valence-corrected chi connectivity index (χ1v) is 10.3. The lowest BCUT2D eigenvalue weighted by Crippen LogP contribution is -2.11. The molecule has 1 N–H and O–H groups in total. The minimum atomic E-state index is -0.0192. The Kier molecular flexibility index (Phi) is 4.87. The number of anilines is 1. The number of nitrogens with zero attached hydrogens (tertiary/aromatic N) is 3. The molecule has 5 nitrogen and oxygen atoms in total. The van der Waals surface area contributed by atoms with E-state index >= 15 is 0 Å².